The second-order valence-corrected chi connectivity index (χ2v) is 4.50. The average Bonchev–Trinajstić information content (AvgIpc) is 2.53. The first kappa shape index (κ1) is 8.91. The summed E-state index contributed by atoms with van der Waals surface area (Å²) in [7, 11) is 0. The molecule has 0 N–H and O–H groups in total. The number of hydrogen-bond acceptors (Lipinski definition) is 2. The Bertz CT molecular complexity index is 343. The van der Waals surface area contributed by atoms with E-state index in [9.17, 15) is 0 Å². The van der Waals surface area contributed by atoms with Crippen molar-refractivity contribution in [3.05, 3.63) is 35.9 Å². The predicted octanol–water partition coefficient (Wildman–Crippen LogP) is 2.70. The molecule has 1 aliphatic heterocycles. The normalized spacial score (nSPS) is 16.0. The lowest BCUT2D eigenvalue weighted by Crippen LogP contribution is -2.01. The van der Waals surface area contributed by atoms with Crippen molar-refractivity contribution < 1.29 is 0 Å². The maximum Gasteiger partial charge on any atom is 0.160 e. The van der Waals surface area contributed by atoms with Crippen molar-refractivity contribution in [2.24, 2.45) is 4.99 Å². The van der Waals surface area contributed by atoms with Crippen LogP contribution in [0.15, 0.2) is 35.3 Å². The molecule has 0 saturated carbocycles. The number of benzene rings is 1. The van der Waals surface area contributed by atoms with E-state index in [0.717, 1.165) is 16.5 Å². The number of thioether (sulfide) groups is 1. The van der Waals surface area contributed by atoms with Gasteiger partial charge in [-0.25, -0.2) is 4.99 Å². The predicted molar refractivity (Wildman–Crippen MR) is 62.6 cm³/mol. The van der Waals surface area contributed by atoms with Crippen LogP contribution >= 0.6 is 24.0 Å². The van der Waals surface area contributed by atoms with Crippen molar-refractivity contribution in [2.45, 2.75) is 6.42 Å². The number of rotatable bonds is 2. The third kappa shape index (κ3) is 2.39. The first-order valence-corrected chi connectivity index (χ1v) is 5.51. The van der Waals surface area contributed by atoms with Crippen molar-refractivity contribution in [3.63, 3.8) is 0 Å². The molecule has 1 aromatic rings. The summed E-state index contributed by atoms with van der Waals surface area (Å²) in [6.07, 6.45) is 0.938. The Balaban J connectivity index is 2.07. The quantitative estimate of drug-likeness (QED) is 0.691. The molecule has 0 atom stereocenters. The van der Waals surface area contributed by atoms with Gasteiger partial charge in [0.1, 0.15) is 0 Å². The number of thiocarbonyl (C=S) groups is 1. The molecule has 1 nitrogen and oxygen atoms in total. The first-order valence-electron chi connectivity index (χ1n) is 4.12. The van der Waals surface area contributed by atoms with Crippen molar-refractivity contribution in [1.82, 2.24) is 0 Å². The zero-order valence-corrected chi connectivity index (χ0v) is 8.70. The largest absolute Gasteiger partial charge is 0.238 e. The Hall–Kier alpha value is -0.670. The minimum atomic E-state index is 0.783. The average molecular weight is 207 g/mol. The van der Waals surface area contributed by atoms with Gasteiger partial charge in [0.05, 0.1) is 0 Å². The van der Waals surface area contributed by atoms with Gasteiger partial charge in [-0.2, -0.15) is 0 Å². The van der Waals surface area contributed by atoms with Gasteiger partial charge in [-0.3, -0.25) is 0 Å². The lowest BCUT2D eigenvalue weighted by molar-refractivity contribution is 1.32. The topological polar surface area (TPSA) is 12.4 Å². The summed E-state index contributed by atoms with van der Waals surface area (Å²) in [5.41, 5.74) is 2.51. The lowest BCUT2D eigenvalue weighted by Gasteiger charge is -1.98. The van der Waals surface area contributed by atoms with Crippen LogP contribution in [0.25, 0.3) is 0 Å². The molecular weight excluding hydrogens is 198 g/mol. The second-order valence-electron chi connectivity index (χ2n) is 2.89. The van der Waals surface area contributed by atoms with E-state index in [1.54, 1.807) is 11.8 Å². The number of hydrogen-bond donors (Lipinski definition) is 0. The van der Waals surface area contributed by atoms with Crippen LogP contribution in [0.1, 0.15) is 5.56 Å². The van der Waals surface area contributed by atoms with Crippen LogP contribution in [0.4, 0.5) is 0 Å². The van der Waals surface area contributed by atoms with Crippen LogP contribution in [0.3, 0.4) is 0 Å². The molecule has 0 amide bonds. The molecule has 0 fully saturated rings. The number of aliphatic imine (C=N–C) groups is 1. The smallest absolute Gasteiger partial charge is 0.160 e. The lowest BCUT2D eigenvalue weighted by atomic mass is 10.1. The third-order valence-electron chi connectivity index (χ3n) is 1.86. The molecule has 0 radical (unpaired) electrons. The van der Waals surface area contributed by atoms with Crippen LogP contribution in [-0.2, 0) is 6.42 Å². The van der Waals surface area contributed by atoms with E-state index in [2.05, 4.69) is 29.3 Å². The molecule has 66 valence electrons. The standard InChI is InChI=1S/C10H9NS2/c12-10-11-9(7-13-10)6-8-4-2-1-3-5-8/h1-5H,6-7H2. The molecule has 0 spiro atoms. The van der Waals surface area contributed by atoms with Gasteiger partial charge in [-0.15, -0.1) is 0 Å². The van der Waals surface area contributed by atoms with Gasteiger partial charge in [-0.1, -0.05) is 54.3 Å². The van der Waals surface area contributed by atoms with Gasteiger partial charge in [0.15, 0.2) is 4.32 Å². The molecule has 3 heteroatoms. The fourth-order valence-electron chi connectivity index (χ4n) is 1.26. The zero-order valence-electron chi connectivity index (χ0n) is 7.06. The third-order valence-corrected chi connectivity index (χ3v) is 3.12. The van der Waals surface area contributed by atoms with E-state index in [-0.39, 0.29) is 0 Å². The van der Waals surface area contributed by atoms with Crippen LogP contribution in [-0.4, -0.2) is 15.8 Å². The Morgan fingerprint density at radius 3 is 2.69 bits per heavy atom. The molecule has 2 rings (SSSR count). The van der Waals surface area contributed by atoms with Gasteiger partial charge in [0, 0.05) is 17.9 Å². The summed E-state index contributed by atoms with van der Waals surface area (Å²) in [6, 6.07) is 10.4. The fraction of sp³-hybridized carbons (Fsp3) is 0.200. The van der Waals surface area contributed by atoms with Gasteiger partial charge in [0.25, 0.3) is 0 Å². The summed E-state index contributed by atoms with van der Waals surface area (Å²) >= 11 is 6.64. The van der Waals surface area contributed by atoms with Crippen molar-refractivity contribution in [2.75, 3.05) is 5.75 Å². The Labute approximate surface area is 87.3 Å². The molecule has 0 aliphatic carbocycles. The molecule has 0 saturated heterocycles. The molecule has 13 heavy (non-hydrogen) atoms. The van der Waals surface area contributed by atoms with Gasteiger partial charge >= 0.3 is 0 Å². The summed E-state index contributed by atoms with van der Waals surface area (Å²) in [5, 5.41) is 0. The van der Waals surface area contributed by atoms with Gasteiger partial charge < -0.3 is 0 Å². The Morgan fingerprint density at radius 1 is 1.31 bits per heavy atom. The van der Waals surface area contributed by atoms with Crippen LogP contribution in [0.2, 0.25) is 0 Å². The van der Waals surface area contributed by atoms with E-state index in [1.807, 2.05) is 6.07 Å². The van der Waals surface area contributed by atoms with Crippen molar-refractivity contribution in [1.29, 1.82) is 0 Å². The molecular formula is C10H9NS2. The van der Waals surface area contributed by atoms with Crippen LogP contribution in [0.5, 0.6) is 0 Å². The molecule has 0 aromatic heterocycles. The van der Waals surface area contributed by atoms with E-state index in [0.29, 0.717) is 0 Å². The van der Waals surface area contributed by atoms with E-state index in [1.165, 1.54) is 11.3 Å². The molecule has 1 aliphatic rings. The maximum absolute atomic E-state index is 4.99. The Morgan fingerprint density at radius 2 is 2.08 bits per heavy atom. The molecule has 0 bridgehead atoms. The summed E-state index contributed by atoms with van der Waals surface area (Å²) in [5.74, 6) is 0.966. The van der Waals surface area contributed by atoms with E-state index >= 15 is 0 Å². The highest BCUT2D eigenvalue weighted by Gasteiger charge is 2.11. The van der Waals surface area contributed by atoms with E-state index < -0.39 is 0 Å². The molecule has 1 aromatic carbocycles. The Kier molecular flexibility index (Phi) is 2.76. The van der Waals surface area contributed by atoms with Crippen LogP contribution < -0.4 is 0 Å². The first-order chi connectivity index (χ1) is 6.34. The molecule has 1 heterocycles. The highest BCUT2D eigenvalue weighted by molar-refractivity contribution is 8.23. The highest BCUT2D eigenvalue weighted by atomic mass is 32.2. The minimum Gasteiger partial charge on any atom is -0.238 e. The van der Waals surface area contributed by atoms with E-state index in [4.69, 9.17) is 12.2 Å². The van der Waals surface area contributed by atoms with Crippen molar-refractivity contribution >= 4 is 34.0 Å². The van der Waals surface area contributed by atoms with Gasteiger partial charge in [-0.05, 0) is 5.56 Å². The monoisotopic (exact) mass is 207 g/mol. The van der Waals surface area contributed by atoms with Crippen LogP contribution in [0, 0.1) is 0 Å². The minimum absolute atomic E-state index is 0.783. The van der Waals surface area contributed by atoms with Crippen molar-refractivity contribution in [3.8, 4) is 0 Å². The summed E-state index contributed by atoms with van der Waals surface area (Å²) in [6.45, 7) is 0. The summed E-state index contributed by atoms with van der Waals surface area (Å²) < 4.78 is 0.783. The summed E-state index contributed by atoms with van der Waals surface area (Å²) in [4.78, 5) is 4.29. The number of nitrogens with zero attached hydrogens (tertiary/aromatic N) is 1. The zero-order chi connectivity index (χ0) is 9.10. The second kappa shape index (κ2) is 4.03. The van der Waals surface area contributed by atoms with Gasteiger partial charge in [0.2, 0.25) is 0 Å². The molecule has 0 unspecified atom stereocenters. The maximum atomic E-state index is 4.99. The SMILES string of the molecule is S=C1N=C(Cc2ccccc2)CS1. The fourth-order valence-corrected chi connectivity index (χ4v) is 2.22. The highest BCUT2D eigenvalue weighted by Crippen LogP contribution is 2.16.